The number of rotatable bonds is 5. The van der Waals surface area contributed by atoms with Crippen LogP contribution in [0.4, 0.5) is 0 Å². The van der Waals surface area contributed by atoms with Crippen molar-refractivity contribution in [2.24, 2.45) is 23.7 Å². The van der Waals surface area contributed by atoms with Crippen LogP contribution in [0, 0.1) is 23.7 Å². The van der Waals surface area contributed by atoms with Gasteiger partial charge in [0.15, 0.2) is 11.9 Å². The molecule has 0 aromatic rings. The second kappa shape index (κ2) is 8.54. The lowest BCUT2D eigenvalue weighted by molar-refractivity contribution is -0.576. The molecule has 188 valence electrons. The van der Waals surface area contributed by atoms with Gasteiger partial charge in [-0.15, -0.1) is 5.06 Å². The van der Waals surface area contributed by atoms with Crippen molar-refractivity contribution in [3.8, 4) is 0 Å². The Bertz CT molecular complexity index is 877. The Kier molecular flexibility index (Phi) is 5.94. The molecular formula is C23H31NO10. The number of amides is 2. The van der Waals surface area contributed by atoms with Crippen LogP contribution in [0.1, 0.15) is 72.1 Å². The Morgan fingerprint density at radius 1 is 1.00 bits per heavy atom. The van der Waals surface area contributed by atoms with Crippen LogP contribution >= 0.6 is 0 Å². The second-order valence-corrected chi connectivity index (χ2v) is 10.3. The third-order valence-corrected chi connectivity index (χ3v) is 8.08. The van der Waals surface area contributed by atoms with Crippen molar-refractivity contribution in [3.63, 3.8) is 0 Å². The molecule has 6 aliphatic rings. The maximum atomic E-state index is 12.5. The van der Waals surface area contributed by atoms with Crippen LogP contribution in [0.25, 0.3) is 0 Å². The highest BCUT2D eigenvalue weighted by molar-refractivity contribution is 6.01. The summed E-state index contributed by atoms with van der Waals surface area (Å²) in [5.74, 6) is -3.14. The lowest BCUT2D eigenvalue weighted by Crippen LogP contribution is -2.70. The molecule has 0 N–H and O–H groups in total. The lowest BCUT2D eigenvalue weighted by Gasteiger charge is -2.59. The second-order valence-electron chi connectivity index (χ2n) is 10.3. The van der Waals surface area contributed by atoms with Gasteiger partial charge in [0.05, 0.1) is 12.8 Å². The zero-order chi connectivity index (χ0) is 24.3. The maximum Gasteiger partial charge on any atom is 0.333 e. The molecule has 0 aromatic carbocycles. The lowest BCUT2D eigenvalue weighted by atomic mass is 9.58. The third-order valence-electron chi connectivity index (χ3n) is 8.08. The van der Waals surface area contributed by atoms with E-state index >= 15 is 0 Å². The number of hydrogen-bond donors (Lipinski definition) is 0. The van der Waals surface area contributed by atoms with Crippen LogP contribution in [-0.4, -0.2) is 52.8 Å². The molecule has 6 rings (SSSR count). The fraction of sp³-hybridized carbons (Fsp3) is 0.826. The molecule has 0 radical (unpaired) electrons. The SMILES string of the molecule is C[C@H]1[C@H](OC(=O)CCC(=O)ON2C(=O)CCC2=O)O[C@@H]2O[C@@]3(C)CC[C@H]4[C@H](C)CC[C@@H]1[C@]24OO3. The van der Waals surface area contributed by atoms with Gasteiger partial charge in [-0.1, -0.05) is 13.8 Å². The molecular weight excluding hydrogens is 450 g/mol. The summed E-state index contributed by atoms with van der Waals surface area (Å²) in [6.45, 7) is 6.00. The van der Waals surface area contributed by atoms with Crippen molar-refractivity contribution >= 4 is 23.8 Å². The van der Waals surface area contributed by atoms with Crippen molar-refractivity contribution in [3.05, 3.63) is 0 Å². The van der Waals surface area contributed by atoms with Crippen molar-refractivity contribution in [1.29, 1.82) is 0 Å². The number of hydrogen-bond acceptors (Lipinski definition) is 10. The van der Waals surface area contributed by atoms with Gasteiger partial charge >= 0.3 is 11.9 Å². The Morgan fingerprint density at radius 2 is 1.71 bits per heavy atom. The number of ether oxygens (including phenoxy) is 3. The minimum Gasteiger partial charge on any atom is -0.435 e. The van der Waals surface area contributed by atoms with Gasteiger partial charge in [0.25, 0.3) is 11.8 Å². The topological polar surface area (TPSA) is 127 Å². The van der Waals surface area contributed by atoms with Crippen LogP contribution in [-0.2, 0) is 48.0 Å². The van der Waals surface area contributed by atoms with Gasteiger partial charge in [-0.2, -0.15) is 0 Å². The molecule has 6 fully saturated rings. The number of fused-ring (bicyclic) bond motifs is 2. The van der Waals surface area contributed by atoms with Crippen LogP contribution < -0.4 is 0 Å². The number of imide groups is 1. The molecule has 0 aromatic heterocycles. The van der Waals surface area contributed by atoms with E-state index in [-0.39, 0.29) is 43.4 Å². The van der Waals surface area contributed by atoms with E-state index in [2.05, 4.69) is 6.92 Å². The summed E-state index contributed by atoms with van der Waals surface area (Å²) in [7, 11) is 0. The number of carbonyl (C=O) groups is 4. The molecule has 1 aliphatic carbocycles. The Morgan fingerprint density at radius 3 is 2.44 bits per heavy atom. The van der Waals surface area contributed by atoms with E-state index in [1.54, 1.807) is 0 Å². The normalized spacial score (nSPS) is 43.3. The Balaban J connectivity index is 1.23. The first kappa shape index (κ1) is 23.7. The van der Waals surface area contributed by atoms with Crippen molar-refractivity contribution in [2.75, 3.05) is 0 Å². The average Bonchev–Trinajstić information content (AvgIpc) is 2.95. The van der Waals surface area contributed by atoms with Gasteiger partial charge in [-0.25, -0.2) is 14.6 Å². The van der Waals surface area contributed by atoms with Crippen LogP contribution in [0.15, 0.2) is 0 Å². The number of hydroxylamine groups is 2. The van der Waals surface area contributed by atoms with E-state index in [0.29, 0.717) is 17.4 Å². The highest BCUT2D eigenvalue weighted by atomic mass is 17.3. The van der Waals surface area contributed by atoms with E-state index in [9.17, 15) is 19.2 Å². The van der Waals surface area contributed by atoms with E-state index in [4.69, 9.17) is 28.8 Å². The smallest absolute Gasteiger partial charge is 0.333 e. The van der Waals surface area contributed by atoms with Crippen molar-refractivity contribution < 1.29 is 48.0 Å². The molecule has 34 heavy (non-hydrogen) atoms. The molecule has 0 unspecified atom stereocenters. The minimum atomic E-state index is -0.930. The fourth-order valence-corrected chi connectivity index (χ4v) is 6.20. The van der Waals surface area contributed by atoms with E-state index < -0.39 is 47.7 Å². The first-order valence-corrected chi connectivity index (χ1v) is 12.1. The molecule has 11 nitrogen and oxygen atoms in total. The first-order chi connectivity index (χ1) is 16.1. The van der Waals surface area contributed by atoms with Crippen LogP contribution in [0.5, 0.6) is 0 Å². The van der Waals surface area contributed by atoms with Gasteiger partial charge in [0, 0.05) is 31.1 Å². The number of nitrogens with zero attached hydrogens (tertiary/aromatic N) is 1. The van der Waals surface area contributed by atoms with Crippen molar-refractivity contribution in [2.45, 2.75) is 96.1 Å². The van der Waals surface area contributed by atoms with Gasteiger partial charge < -0.3 is 19.0 Å². The third kappa shape index (κ3) is 3.82. The highest BCUT2D eigenvalue weighted by Crippen LogP contribution is 2.60. The minimum absolute atomic E-state index is 0.00436. The van der Waals surface area contributed by atoms with E-state index in [1.807, 2.05) is 13.8 Å². The van der Waals surface area contributed by atoms with Gasteiger partial charge in [0.1, 0.15) is 0 Å². The van der Waals surface area contributed by atoms with E-state index in [0.717, 1.165) is 19.3 Å². The molecule has 1 spiro atoms. The zero-order valence-corrected chi connectivity index (χ0v) is 19.7. The predicted molar refractivity (Wildman–Crippen MR) is 109 cm³/mol. The predicted octanol–water partition coefficient (Wildman–Crippen LogP) is 2.12. The maximum absolute atomic E-state index is 12.5. The summed E-state index contributed by atoms with van der Waals surface area (Å²) in [5.41, 5.74) is -0.755. The van der Waals surface area contributed by atoms with Crippen molar-refractivity contribution in [1.82, 2.24) is 5.06 Å². The number of esters is 1. The van der Waals surface area contributed by atoms with E-state index in [1.165, 1.54) is 0 Å². The molecule has 5 saturated heterocycles. The van der Waals surface area contributed by atoms with Gasteiger partial charge in [0.2, 0.25) is 12.1 Å². The summed E-state index contributed by atoms with van der Waals surface area (Å²) in [5, 5.41) is 0.459. The summed E-state index contributed by atoms with van der Waals surface area (Å²) in [6.07, 6.45) is 1.25. The molecule has 8 atom stereocenters. The molecule has 1 saturated carbocycles. The largest absolute Gasteiger partial charge is 0.435 e. The standard InChI is InChI=1S/C23H31NO10/c1-12-4-5-15-13(2)20(30-21-23(15)14(12)10-11-22(3,31-21)33-34-23)29-18(27)8-9-19(28)32-24-16(25)6-7-17(24)26/h12-15,20-21H,4-11H2,1-3H3/t12-,13-,14+,15+,20-,21-,22-,23+/m1/s1. The molecule has 2 bridgehead atoms. The molecule has 11 heteroatoms. The monoisotopic (exact) mass is 481 g/mol. The van der Waals surface area contributed by atoms with Gasteiger partial charge in [-0.3, -0.25) is 14.4 Å². The summed E-state index contributed by atoms with van der Waals surface area (Å²) in [6, 6.07) is 0. The number of carbonyl (C=O) groups excluding carboxylic acids is 4. The van der Waals surface area contributed by atoms with Gasteiger partial charge in [-0.05, 0) is 38.0 Å². The fourth-order valence-electron chi connectivity index (χ4n) is 6.20. The summed E-state index contributed by atoms with van der Waals surface area (Å²) in [4.78, 5) is 64.3. The summed E-state index contributed by atoms with van der Waals surface area (Å²) < 4.78 is 18.0. The summed E-state index contributed by atoms with van der Waals surface area (Å²) >= 11 is 0. The molecule has 5 heterocycles. The van der Waals surface area contributed by atoms with Crippen LogP contribution in [0.2, 0.25) is 0 Å². The molecule has 5 aliphatic heterocycles. The molecule has 2 amide bonds. The van der Waals surface area contributed by atoms with Crippen LogP contribution in [0.3, 0.4) is 0 Å². The Labute approximate surface area is 197 Å². The zero-order valence-electron chi connectivity index (χ0n) is 19.7. The quantitative estimate of drug-likeness (QED) is 0.327. The average molecular weight is 481 g/mol. The highest BCUT2D eigenvalue weighted by Gasteiger charge is 2.69. The first-order valence-electron chi connectivity index (χ1n) is 12.1. The Hall–Kier alpha value is -2.08.